The van der Waals surface area contributed by atoms with Gasteiger partial charge in [-0.1, -0.05) is 36.6 Å². The van der Waals surface area contributed by atoms with Gasteiger partial charge in [-0.2, -0.15) is 0 Å². The fourth-order valence-corrected chi connectivity index (χ4v) is 5.00. The number of likely N-dealkylation sites (tertiary alicyclic amines) is 1. The van der Waals surface area contributed by atoms with Crippen molar-refractivity contribution in [1.82, 2.24) is 20.9 Å². The maximum Gasteiger partial charge on any atom is 0.221 e. The zero-order valence-electron chi connectivity index (χ0n) is 18.7. The molecule has 8 heteroatoms. The average Bonchev–Trinajstić information content (AvgIpc) is 3.23. The smallest absolute Gasteiger partial charge is 0.221 e. The highest BCUT2D eigenvalue weighted by molar-refractivity contribution is 14.0. The van der Waals surface area contributed by atoms with Crippen molar-refractivity contribution in [2.75, 3.05) is 33.7 Å². The first-order valence-electron chi connectivity index (χ1n) is 11.3. The van der Waals surface area contributed by atoms with Crippen LogP contribution in [0, 0.1) is 5.92 Å². The Morgan fingerprint density at radius 3 is 2.68 bits per heavy atom. The van der Waals surface area contributed by atoms with Gasteiger partial charge in [-0.3, -0.25) is 14.7 Å². The van der Waals surface area contributed by atoms with Crippen molar-refractivity contribution in [3.8, 4) is 0 Å². The molecule has 174 valence electrons. The summed E-state index contributed by atoms with van der Waals surface area (Å²) in [6, 6.07) is 8.91. The van der Waals surface area contributed by atoms with E-state index in [9.17, 15) is 4.79 Å². The Morgan fingerprint density at radius 2 is 1.97 bits per heavy atom. The van der Waals surface area contributed by atoms with Gasteiger partial charge in [-0.05, 0) is 62.9 Å². The van der Waals surface area contributed by atoms with Gasteiger partial charge in [0.15, 0.2) is 5.96 Å². The highest BCUT2D eigenvalue weighted by Crippen LogP contribution is 2.35. The average molecular weight is 562 g/mol. The third-order valence-electron chi connectivity index (χ3n) is 6.32. The summed E-state index contributed by atoms with van der Waals surface area (Å²) in [7, 11) is 3.96. The SMILES string of the molecule is CN=C(NCCC(=O)NC1CCCC1)NCC1CCCN(C)C1c1cccc(Cl)c1.I. The van der Waals surface area contributed by atoms with E-state index in [0.717, 1.165) is 43.3 Å². The van der Waals surface area contributed by atoms with E-state index < -0.39 is 0 Å². The molecule has 2 atom stereocenters. The zero-order valence-corrected chi connectivity index (χ0v) is 21.8. The lowest BCUT2D eigenvalue weighted by molar-refractivity contribution is -0.121. The minimum atomic E-state index is 0. The quantitative estimate of drug-likeness (QED) is 0.268. The molecule has 2 aliphatic rings. The number of piperidine rings is 1. The highest BCUT2D eigenvalue weighted by atomic mass is 127. The van der Waals surface area contributed by atoms with Crippen LogP contribution in [0.2, 0.25) is 5.02 Å². The van der Waals surface area contributed by atoms with Gasteiger partial charge in [-0.25, -0.2) is 0 Å². The molecule has 2 unspecified atom stereocenters. The predicted molar refractivity (Wildman–Crippen MR) is 139 cm³/mol. The number of rotatable bonds is 7. The van der Waals surface area contributed by atoms with Gasteiger partial charge < -0.3 is 16.0 Å². The molecule has 1 heterocycles. The van der Waals surface area contributed by atoms with Gasteiger partial charge >= 0.3 is 0 Å². The van der Waals surface area contributed by atoms with Crippen LogP contribution in [0.1, 0.15) is 56.6 Å². The molecule has 31 heavy (non-hydrogen) atoms. The molecule has 1 amide bonds. The zero-order chi connectivity index (χ0) is 21.3. The molecule has 0 aromatic heterocycles. The summed E-state index contributed by atoms with van der Waals surface area (Å²) in [4.78, 5) is 18.9. The van der Waals surface area contributed by atoms with Gasteiger partial charge in [0.25, 0.3) is 0 Å². The van der Waals surface area contributed by atoms with E-state index in [4.69, 9.17) is 11.6 Å². The first-order chi connectivity index (χ1) is 14.6. The molecular formula is C23H37ClIN5O. The van der Waals surface area contributed by atoms with Crippen LogP contribution in [0.5, 0.6) is 0 Å². The summed E-state index contributed by atoms with van der Waals surface area (Å²) in [6.07, 6.45) is 7.51. The van der Waals surface area contributed by atoms with Crippen LogP contribution in [0.4, 0.5) is 0 Å². The molecular weight excluding hydrogens is 525 g/mol. The molecule has 6 nitrogen and oxygen atoms in total. The number of carbonyl (C=O) groups is 1. The van der Waals surface area contributed by atoms with Crippen molar-refractivity contribution in [3.05, 3.63) is 34.9 Å². The van der Waals surface area contributed by atoms with Crippen LogP contribution in [0.3, 0.4) is 0 Å². The van der Waals surface area contributed by atoms with Crippen LogP contribution in [-0.4, -0.2) is 56.5 Å². The normalized spacial score (nSPS) is 22.6. The predicted octanol–water partition coefficient (Wildman–Crippen LogP) is 3.95. The lowest BCUT2D eigenvalue weighted by atomic mass is 9.85. The first-order valence-corrected chi connectivity index (χ1v) is 11.6. The molecule has 3 N–H and O–H groups in total. The Bertz CT molecular complexity index is 726. The summed E-state index contributed by atoms with van der Waals surface area (Å²) >= 11 is 6.25. The number of nitrogens with zero attached hydrogens (tertiary/aromatic N) is 2. The minimum Gasteiger partial charge on any atom is -0.356 e. The number of benzene rings is 1. The monoisotopic (exact) mass is 561 g/mol. The number of nitrogens with one attached hydrogen (secondary N) is 3. The van der Waals surface area contributed by atoms with Crippen molar-refractivity contribution >= 4 is 47.4 Å². The minimum absolute atomic E-state index is 0. The Labute approximate surface area is 209 Å². The summed E-state index contributed by atoms with van der Waals surface area (Å²) in [5, 5.41) is 10.7. The first kappa shape index (κ1) is 26.2. The number of amides is 1. The van der Waals surface area contributed by atoms with Gasteiger partial charge in [0.1, 0.15) is 0 Å². The van der Waals surface area contributed by atoms with Crippen LogP contribution < -0.4 is 16.0 Å². The third kappa shape index (κ3) is 8.09. The number of guanidine groups is 1. The molecule has 1 aromatic carbocycles. The van der Waals surface area contributed by atoms with Crippen LogP contribution >= 0.6 is 35.6 Å². The lowest BCUT2D eigenvalue weighted by Gasteiger charge is -2.40. The van der Waals surface area contributed by atoms with Crippen molar-refractivity contribution in [2.45, 2.75) is 57.0 Å². The Kier molecular flexibility index (Phi) is 11.4. The van der Waals surface area contributed by atoms with Crippen molar-refractivity contribution in [3.63, 3.8) is 0 Å². The third-order valence-corrected chi connectivity index (χ3v) is 6.55. The van der Waals surface area contributed by atoms with E-state index >= 15 is 0 Å². The molecule has 2 fully saturated rings. The van der Waals surface area contributed by atoms with Gasteiger partial charge in [0, 0.05) is 43.7 Å². The van der Waals surface area contributed by atoms with E-state index in [2.05, 4.69) is 45.0 Å². The standard InChI is InChI=1S/C23H36ClN5O.HI/c1-25-23(26-13-12-21(30)28-20-10-3-4-11-20)27-16-18-8-6-14-29(2)22(18)17-7-5-9-19(24)15-17;/h5,7,9,15,18,20,22H,3-4,6,8,10-14,16H2,1-2H3,(H,28,30)(H2,25,26,27);1H. The number of hydrogen-bond donors (Lipinski definition) is 3. The molecule has 0 radical (unpaired) electrons. The highest BCUT2D eigenvalue weighted by Gasteiger charge is 2.30. The molecule has 0 spiro atoms. The van der Waals surface area contributed by atoms with Crippen molar-refractivity contribution in [1.29, 1.82) is 0 Å². The topological polar surface area (TPSA) is 68.8 Å². The van der Waals surface area contributed by atoms with Crippen molar-refractivity contribution in [2.24, 2.45) is 10.9 Å². The fraction of sp³-hybridized carbons (Fsp3) is 0.652. The lowest BCUT2D eigenvalue weighted by Crippen LogP contribution is -2.45. The number of hydrogen-bond acceptors (Lipinski definition) is 3. The summed E-state index contributed by atoms with van der Waals surface area (Å²) in [5.74, 6) is 1.34. The maximum atomic E-state index is 12.1. The number of halogens is 2. The van der Waals surface area contributed by atoms with E-state index in [-0.39, 0.29) is 29.9 Å². The maximum absolute atomic E-state index is 12.1. The second kappa shape index (κ2) is 13.5. The van der Waals surface area contributed by atoms with Crippen LogP contribution in [0.15, 0.2) is 29.3 Å². The summed E-state index contributed by atoms with van der Waals surface area (Å²) in [6.45, 7) is 2.51. The molecule has 1 aliphatic carbocycles. The van der Waals surface area contributed by atoms with Gasteiger partial charge in [-0.15, -0.1) is 24.0 Å². The largest absolute Gasteiger partial charge is 0.356 e. The van der Waals surface area contributed by atoms with Crippen LogP contribution in [-0.2, 0) is 4.79 Å². The second-order valence-corrected chi connectivity index (χ2v) is 9.00. The molecule has 3 rings (SSSR count). The molecule has 1 saturated carbocycles. The van der Waals surface area contributed by atoms with Gasteiger partial charge in [0.2, 0.25) is 5.91 Å². The Morgan fingerprint density at radius 1 is 1.19 bits per heavy atom. The Balaban J connectivity index is 0.00000341. The molecule has 0 bridgehead atoms. The van der Waals surface area contributed by atoms with E-state index in [0.29, 0.717) is 31.0 Å². The molecule has 1 aromatic rings. The number of aliphatic imine (C=N–C) groups is 1. The Hall–Kier alpha value is -1.06. The molecule has 1 saturated heterocycles. The van der Waals surface area contributed by atoms with E-state index in [1.54, 1.807) is 7.05 Å². The van der Waals surface area contributed by atoms with E-state index in [1.165, 1.54) is 24.8 Å². The number of carbonyl (C=O) groups excluding carboxylic acids is 1. The molecule has 1 aliphatic heterocycles. The summed E-state index contributed by atoms with van der Waals surface area (Å²) in [5.41, 5.74) is 1.27. The summed E-state index contributed by atoms with van der Waals surface area (Å²) < 4.78 is 0. The van der Waals surface area contributed by atoms with Gasteiger partial charge in [0.05, 0.1) is 0 Å². The van der Waals surface area contributed by atoms with Crippen LogP contribution in [0.25, 0.3) is 0 Å². The fourth-order valence-electron chi connectivity index (χ4n) is 4.80. The van der Waals surface area contributed by atoms with Crippen molar-refractivity contribution < 1.29 is 4.79 Å². The second-order valence-electron chi connectivity index (χ2n) is 8.56. The van der Waals surface area contributed by atoms with E-state index in [1.807, 2.05) is 12.1 Å².